The lowest BCUT2D eigenvalue weighted by Crippen LogP contribution is -2.39. The van der Waals surface area contributed by atoms with Crippen molar-refractivity contribution in [3.05, 3.63) is 48.3 Å². The van der Waals surface area contributed by atoms with Crippen molar-refractivity contribution in [2.75, 3.05) is 0 Å². The van der Waals surface area contributed by atoms with Gasteiger partial charge in [-0.1, -0.05) is 10.3 Å². The molecule has 0 aromatic carbocycles. The number of oxime groups is 2. The Morgan fingerprint density at radius 1 is 1.24 bits per heavy atom. The number of hydrogen-bond acceptors (Lipinski definition) is 5. The van der Waals surface area contributed by atoms with Gasteiger partial charge in [-0.05, 0) is 6.07 Å². The zero-order chi connectivity index (χ0) is 15.1. The van der Waals surface area contributed by atoms with Crippen LogP contribution < -0.4 is 9.13 Å². The summed E-state index contributed by atoms with van der Waals surface area (Å²) in [6, 6.07) is 5.51. The molecule has 0 aliphatic carbocycles. The Bertz CT molecular complexity index is 651. The molecule has 0 spiro atoms. The summed E-state index contributed by atoms with van der Waals surface area (Å²) >= 11 is 0. The van der Waals surface area contributed by atoms with E-state index in [4.69, 9.17) is 15.2 Å². The second-order valence-corrected chi connectivity index (χ2v) is 4.28. The SMILES string of the molecule is C[n+]1ccn(COC[n+]2ccccc2/C=N/O)c1/C=N/O. The van der Waals surface area contributed by atoms with Crippen LogP contribution in [-0.2, 0) is 25.2 Å². The van der Waals surface area contributed by atoms with Crippen molar-refractivity contribution in [3.63, 3.8) is 0 Å². The molecule has 0 aliphatic rings. The van der Waals surface area contributed by atoms with E-state index in [2.05, 4.69) is 10.3 Å². The summed E-state index contributed by atoms with van der Waals surface area (Å²) < 4.78 is 11.0. The molecule has 0 radical (unpaired) electrons. The summed E-state index contributed by atoms with van der Waals surface area (Å²) in [5.41, 5.74) is 0.718. The standard InChI is InChI=1S/C13H15N5O3/c1-16-6-7-18(13(16)9-15-20)11-21-10-17-5-3-2-4-12(17)8-14-19/h2-9H,10-11H2,1H3/p+2. The van der Waals surface area contributed by atoms with E-state index in [0.717, 1.165) is 5.69 Å². The number of aryl methyl sites for hydroxylation is 1. The Labute approximate surface area is 121 Å². The van der Waals surface area contributed by atoms with Gasteiger partial charge >= 0.3 is 5.82 Å². The van der Waals surface area contributed by atoms with E-state index >= 15 is 0 Å². The lowest BCUT2D eigenvalue weighted by atomic mass is 10.3. The van der Waals surface area contributed by atoms with Gasteiger partial charge in [0.05, 0.1) is 7.05 Å². The Morgan fingerprint density at radius 3 is 2.81 bits per heavy atom. The van der Waals surface area contributed by atoms with Crippen molar-refractivity contribution in [2.45, 2.75) is 13.5 Å². The number of imidazole rings is 1. The molecule has 0 aliphatic heterocycles. The van der Waals surface area contributed by atoms with Gasteiger partial charge in [0.1, 0.15) is 18.6 Å². The van der Waals surface area contributed by atoms with Gasteiger partial charge in [-0.3, -0.25) is 4.74 Å². The van der Waals surface area contributed by atoms with Crippen LogP contribution in [0, 0.1) is 0 Å². The van der Waals surface area contributed by atoms with Crippen molar-refractivity contribution < 1.29 is 24.3 Å². The highest BCUT2D eigenvalue weighted by atomic mass is 16.5. The minimum absolute atomic E-state index is 0.291. The molecule has 2 aromatic rings. The van der Waals surface area contributed by atoms with Crippen LogP contribution in [0.3, 0.4) is 0 Å². The van der Waals surface area contributed by atoms with Gasteiger partial charge in [0.15, 0.2) is 19.1 Å². The molecule has 8 heteroatoms. The quantitative estimate of drug-likeness (QED) is 0.336. The molecule has 2 N–H and O–H groups in total. The molecule has 2 heterocycles. The zero-order valence-electron chi connectivity index (χ0n) is 11.6. The largest absolute Gasteiger partial charge is 0.411 e. The maximum atomic E-state index is 8.65. The third-order valence-corrected chi connectivity index (χ3v) is 2.93. The van der Waals surface area contributed by atoms with Crippen LogP contribution in [0.1, 0.15) is 11.5 Å². The molecule has 0 saturated heterocycles. The minimum Gasteiger partial charge on any atom is -0.411 e. The minimum atomic E-state index is 0.291. The third-order valence-electron chi connectivity index (χ3n) is 2.93. The smallest absolute Gasteiger partial charge is 0.305 e. The van der Waals surface area contributed by atoms with Gasteiger partial charge in [-0.15, -0.1) is 0 Å². The number of rotatable bonds is 6. The number of pyridine rings is 1. The predicted molar refractivity (Wildman–Crippen MR) is 72.1 cm³/mol. The van der Waals surface area contributed by atoms with Crippen LogP contribution in [0.4, 0.5) is 0 Å². The van der Waals surface area contributed by atoms with E-state index in [9.17, 15) is 0 Å². The maximum Gasteiger partial charge on any atom is 0.305 e. The lowest BCUT2D eigenvalue weighted by Gasteiger charge is -2.01. The maximum absolute atomic E-state index is 8.65. The first kappa shape index (κ1) is 14.7. The van der Waals surface area contributed by atoms with Crippen molar-refractivity contribution in [3.8, 4) is 0 Å². The molecule has 0 atom stereocenters. The molecule has 0 amide bonds. The van der Waals surface area contributed by atoms with E-state index in [1.54, 1.807) is 9.13 Å². The van der Waals surface area contributed by atoms with Crippen LogP contribution in [0.15, 0.2) is 47.1 Å². The molecule has 0 saturated carbocycles. The Balaban J connectivity index is 2.02. The van der Waals surface area contributed by atoms with Crippen molar-refractivity contribution >= 4 is 12.4 Å². The van der Waals surface area contributed by atoms with Gasteiger partial charge in [0, 0.05) is 12.1 Å². The molecule has 0 fully saturated rings. The Morgan fingerprint density at radius 2 is 2.05 bits per heavy atom. The number of nitrogens with zero attached hydrogens (tertiary/aromatic N) is 5. The van der Waals surface area contributed by atoms with E-state index in [-0.39, 0.29) is 0 Å². The number of aromatic nitrogens is 3. The van der Waals surface area contributed by atoms with Gasteiger partial charge in [-0.25, -0.2) is 9.13 Å². The zero-order valence-corrected chi connectivity index (χ0v) is 11.6. The topological polar surface area (TPSA) is 87.1 Å². The molecular weight excluding hydrogens is 274 g/mol. The van der Waals surface area contributed by atoms with Gasteiger partial charge in [0.25, 0.3) is 6.73 Å². The monoisotopic (exact) mass is 291 g/mol. The highest BCUT2D eigenvalue weighted by Gasteiger charge is 2.14. The average Bonchev–Trinajstić information content (AvgIpc) is 2.83. The highest BCUT2D eigenvalue weighted by molar-refractivity contribution is 5.74. The van der Waals surface area contributed by atoms with Crippen LogP contribution >= 0.6 is 0 Å². The molecule has 0 bridgehead atoms. The summed E-state index contributed by atoms with van der Waals surface area (Å²) in [7, 11) is 1.84. The highest BCUT2D eigenvalue weighted by Crippen LogP contribution is 1.94. The van der Waals surface area contributed by atoms with Crippen LogP contribution in [0.25, 0.3) is 0 Å². The molecular formula is C13H17N5O3+2. The number of ether oxygens (including phenoxy) is 1. The summed E-state index contributed by atoms with van der Waals surface area (Å²) in [5, 5.41) is 23.3. The first-order chi connectivity index (χ1) is 10.3. The molecule has 2 aromatic heterocycles. The lowest BCUT2D eigenvalue weighted by molar-refractivity contribution is -0.735. The molecule has 110 valence electrons. The van der Waals surface area contributed by atoms with Crippen LogP contribution in [0.5, 0.6) is 0 Å². The summed E-state index contributed by atoms with van der Waals surface area (Å²) in [6.07, 6.45) is 8.15. The normalized spacial score (nSPS) is 11.7. The summed E-state index contributed by atoms with van der Waals surface area (Å²) in [4.78, 5) is 0. The molecule has 2 rings (SSSR count). The molecule has 8 nitrogen and oxygen atoms in total. The van der Waals surface area contributed by atoms with E-state index in [1.165, 1.54) is 12.4 Å². The summed E-state index contributed by atoms with van der Waals surface area (Å²) in [6.45, 7) is 0.583. The fourth-order valence-corrected chi connectivity index (χ4v) is 1.88. The second kappa shape index (κ2) is 7.15. The van der Waals surface area contributed by atoms with Gasteiger partial charge in [0.2, 0.25) is 5.69 Å². The van der Waals surface area contributed by atoms with Crippen molar-refractivity contribution in [1.82, 2.24) is 4.57 Å². The first-order valence-electron chi connectivity index (χ1n) is 6.22. The summed E-state index contributed by atoms with van der Waals surface area (Å²) in [5.74, 6) is 0.702. The second-order valence-electron chi connectivity index (χ2n) is 4.28. The Hall–Kier alpha value is -2.74. The van der Waals surface area contributed by atoms with Crippen molar-refractivity contribution in [1.29, 1.82) is 0 Å². The van der Waals surface area contributed by atoms with Crippen LogP contribution in [0.2, 0.25) is 0 Å². The first-order valence-corrected chi connectivity index (χ1v) is 6.22. The van der Waals surface area contributed by atoms with Crippen molar-refractivity contribution in [2.24, 2.45) is 17.4 Å². The third kappa shape index (κ3) is 3.63. The van der Waals surface area contributed by atoms with Gasteiger partial charge in [-0.2, -0.15) is 4.57 Å². The van der Waals surface area contributed by atoms with Gasteiger partial charge < -0.3 is 10.4 Å². The molecule has 0 unspecified atom stereocenters. The van der Waals surface area contributed by atoms with E-state index in [0.29, 0.717) is 19.3 Å². The predicted octanol–water partition coefficient (Wildman–Crippen LogP) is -0.152. The van der Waals surface area contributed by atoms with Crippen LogP contribution in [-0.4, -0.2) is 27.4 Å². The fraction of sp³-hybridized carbons (Fsp3) is 0.231. The Kier molecular flexibility index (Phi) is 4.99. The van der Waals surface area contributed by atoms with E-state index < -0.39 is 0 Å². The number of hydrogen-bond donors (Lipinski definition) is 2. The molecule has 21 heavy (non-hydrogen) atoms. The average molecular weight is 291 g/mol. The fourth-order valence-electron chi connectivity index (χ4n) is 1.88. The van der Waals surface area contributed by atoms with E-state index in [1.807, 2.05) is 48.4 Å².